The normalized spacial score (nSPS) is 10.7. The summed E-state index contributed by atoms with van der Waals surface area (Å²) in [6.07, 6.45) is 1.74. The van der Waals surface area contributed by atoms with Crippen molar-refractivity contribution in [3.8, 4) is 5.75 Å². The van der Waals surface area contributed by atoms with Crippen molar-refractivity contribution in [1.82, 2.24) is 15.2 Å². The molecular weight excluding hydrogens is 326 g/mol. The summed E-state index contributed by atoms with van der Waals surface area (Å²) in [6.45, 7) is 8.10. The number of ether oxygens (including phenoxy) is 1. The van der Waals surface area contributed by atoms with Crippen LogP contribution >= 0.6 is 0 Å². The lowest BCUT2D eigenvalue weighted by molar-refractivity contribution is 0.242. The van der Waals surface area contributed by atoms with Gasteiger partial charge in [-0.2, -0.15) is 10.1 Å². The summed E-state index contributed by atoms with van der Waals surface area (Å²) in [5.74, 6) is 1.90. The van der Waals surface area contributed by atoms with Crippen LogP contribution in [0.5, 0.6) is 5.75 Å². The molecule has 0 saturated carbocycles. The Hall–Kier alpha value is -3.15. The first kappa shape index (κ1) is 17.7. The number of anilines is 4. The largest absolute Gasteiger partial charge is 0.491 e. The Kier molecular flexibility index (Phi) is 5.31. The highest BCUT2D eigenvalue weighted by Gasteiger charge is 2.06. The van der Waals surface area contributed by atoms with Crippen molar-refractivity contribution in [1.29, 1.82) is 0 Å². The number of hydrogen-bond acceptors (Lipinski definition) is 6. The van der Waals surface area contributed by atoms with Gasteiger partial charge in [0.15, 0.2) is 5.82 Å². The Labute approximate surface area is 153 Å². The standard InChI is InChI=1S/C20H23N5O/c1-13(2)26-17-10-8-16(9-11-17)22-18-12-21-25-20(23-18)24-19-14(3)6-5-7-15(19)4/h5-13H,1-4H3,(H2,22,23,24,25). The summed E-state index contributed by atoms with van der Waals surface area (Å²) < 4.78 is 5.65. The lowest BCUT2D eigenvalue weighted by Gasteiger charge is -2.12. The lowest BCUT2D eigenvalue weighted by Crippen LogP contribution is -2.05. The molecule has 6 nitrogen and oxygen atoms in total. The summed E-state index contributed by atoms with van der Waals surface area (Å²) in [6, 6.07) is 13.9. The van der Waals surface area contributed by atoms with E-state index in [1.165, 1.54) is 0 Å². The molecule has 0 aliphatic rings. The number of hydrogen-bond donors (Lipinski definition) is 2. The minimum absolute atomic E-state index is 0.151. The number of nitrogens with zero attached hydrogens (tertiary/aromatic N) is 3. The monoisotopic (exact) mass is 349 g/mol. The first-order chi connectivity index (χ1) is 12.5. The van der Waals surface area contributed by atoms with E-state index in [-0.39, 0.29) is 6.10 Å². The van der Waals surface area contributed by atoms with Gasteiger partial charge in [-0.1, -0.05) is 18.2 Å². The van der Waals surface area contributed by atoms with Gasteiger partial charge in [-0.05, 0) is 63.1 Å². The van der Waals surface area contributed by atoms with E-state index >= 15 is 0 Å². The number of para-hydroxylation sites is 1. The van der Waals surface area contributed by atoms with Gasteiger partial charge in [0.2, 0.25) is 5.95 Å². The van der Waals surface area contributed by atoms with Gasteiger partial charge >= 0.3 is 0 Å². The van der Waals surface area contributed by atoms with Crippen molar-refractivity contribution < 1.29 is 4.74 Å². The number of benzene rings is 2. The smallest absolute Gasteiger partial charge is 0.249 e. The summed E-state index contributed by atoms with van der Waals surface area (Å²) in [5.41, 5.74) is 4.17. The maximum atomic E-state index is 5.65. The first-order valence-corrected chi connectivity index (χ1v) is 8.58. The van der Waals surface area contributed by atoms with Crippen LogP contribution in [-0.2, 0) is 0 Å². The molecule has 134 valence electrons. The molecular formula is C20H23N5O. The third-order valence-corrected chi connectivity index (χ3v) is 3.78. The molecule has 3 aromatic rings. The van der Waals surface area contributed by atoms with Gasteiger partial charge in [-0.25, -0.2) is 0 Å². The number of rotatable bonds is 6. The second-order valence-electron chi connectivity index (χ2n) is 6.37. The van der Waals surface area contributed by atoms with Gasteiger partial charge in [0.1, 0.15) is 5.75 Å². The SMILES string of the molecule is Cc1cccc(C)c1Nc1nncc(Nc2ccc(OC(C)C)cc2)n1. The molecule has 0 aliphatic heterocycles. The maximum absolute atomic E-state index is 5.65. The third kappa shape index (κ3) is 4.47. The van der Waals surface area contributed by atoms with Crippen LogP contribution in [0.25, 0.3) is 0 Å². The van der Waals surface area contributed by atoms with Crippen LogP contribution in [0.3, 0.4) is 0 Å². The summed E-state index contributed by atoms with van der Waals surface area (Å²) >= 11 is 0. The molecule has 6 heteroatoms. The van der Waals surface area contributed by atoms with Crippen molar-refractivity contribution in [3.63, 3.8) is 0 Å². The molecule has 3 rings (SSSR count). The highest BCUT2D eigenvalue weighted by atomic mass is 16.5. The molecule has 2 N–H and O–H groups in total. The topological polar surface area (TPSA) is 72.0 Å². The Bertz CT molecular complexity index is 857. The first-order valence-electron chi connectivity index (χ1n) is 8.58. The van der Waals surface area contributed by atoms with Crippen molar-refractivity contribution >= 4 is 23.1 Å². The zero-order valence-corrected chi connectivity index (χ0v) is 15.4. The number of nitrogens with one attached hydrogen (secondary N) is 2. The molecule has 0 spiro atoms. The van der Waals surface area contributed by atoms with Crippen LogP contribution in [0, 0.1) is 13.8 Å². The van der Waals surface area contributed by atoms with E-state index in [1.807, 2.05) is 70.2 Å². The Morgan fingerprint density at radius 3 is 2.27 bits per heavy atom. The van der Waals surface area contributed by atoms with Gasteiger partial charge in [0.05, 0.1) is 12.3 Å². The van der Waals surface area contributed by atoms with Crippen molar-refractivity contribution in [2.75, 3.05) is 10.6 Å². The van der Waals surface area contributed by atoms with Gasteiger partial charge in [0, 0.05) is 11.4 Å². The highest BCUT2D eigenvalue weighted by Crippen LogP contribution is 2.23. The average molecular weight is 349 g/mol. The molecule has 0 bridgehead atoms. The second-order valence-corrected chi connectivity index (χ2v) is 6.37. The van der Waals surface area contributed by atoms with Crippen LogP contribution in [0.2, 0.25) is 0 Å². The molecule has 26 heavy (non-hydrogen) atoms. The summed E-state index contributed by atoms with van der Waals surface area (Å²) in [7, 11) is 0. The highest BCUT2D eigenvalue weighted by molar-refractivity contribution is 5.64. The molecule has 0 fully saturated rings. The van der Waals surface area contributed by atoms with Crippen LogP contribution < -0.4 is 15.4 Å². The molecule has 2 aromatic carbocycles. The predicted molar refractivity (Wildman–Crippen MR) is 105 cm³/mol. The number of aromatic nitrogens is 3. The fourth-order valence-electron chi connectivity index (χ4n) is 2.58. The molecule has 0 saturated heterocycles. The van der Waals surface area contributed by atoms with Gasteiger partial charge in [0.25, 0.3) is 0 Å². The van der Waals surface area contributed by atoms with E-state index in [2.05, 4.69) is 25.8 Å². The minimum Gasteiger partial charge on any atom is -0.491 e. The quantitative estimate of drug-likeness (QED) is 0.668. The molecule has 0 radical (unpaired) electrons. The van der Waals surface area contributed by atoms with E-state index in [9.17, 15) is 0 Å². The molecule has 0 unspecified atom stereocenters. The van der Waals surface area contributed by atoms with Gasteiger partial charge < -0.3 is 15.4 Å². The fourth-order valence-corrected chi connectivity index (χ4v) is 2.58. The van der Waals surface area contributed by atoms with E-state index in [0.717, 1.165) is 28.3 Å². The molecule has 0 atom stereocenters. The molecule has 1 aromatic heterocycles. The van der Waals surface area contributed by atoms with Gasteiger partial charge in [-0.15, -0.1) is 5.10 Å². The lowest BCUT2D eigenvalue weighted by atomic mass is 10.1. The van der Waals surface area contributed by atoms with E-state index in [4.69, 9.17) is 4.74 Å². The Morgan fingerprint density at radius 2 is 1.62 bits per heavy atom. The Balaban J connectivity index is 1.73. The second kappa shape index (κ2) is 7.82. The fraction of sp³-hybridized carbons (Fsp3) is 0.250. The van der Waals surface area contributed by atoms with Gasteiger partial charge in [-0.3, -0.25) is 0 Å². The maximum Gasteiger partial charge on any atom is 0.249 e. The minimum atomic E-state index is 0.151. The van der Waals surface area contributed by atoms with Crippen molar-refractivity contribution in [2.45, 2.75) is 33.8 Å². The molecule has 0 aliphatic carbocycles. The predicted octanol–water partition coefficient (Wildman–Crippen LogP) is 4.76. The van der Waals surface area contributed by atoms with Crippen molar-refractivity contribution in [3.05, 3.63) is 59.8 Å². The van der Waals surface area contributed by atoms with E-state index in [0.29, 0.717) is 11.8 Å². The summed E-state index contributed by atoms with van der Waals surface area (Å²) in [5, 5.41) is 14.6. The molecule has 0 amide bonds. The van der Waals surface area contributed by atoms with Crippen molar-refractivity contribution in [2.24, 2.45) is 0 Å². The number of aryl methyl sites for hydroxylation is 2. The zero-order chi connectivity index (χ0) is 18.5. The third-order valence-electron chi connectivity index (χ3n) is 3.78. The van der Waals surface area contributed by atoms with Crippen LogP contribution in [-0.4, -0.2) is 21.3 Å². The van der Waals surface area contributed by atoms with Crippen LogP contribution in [0.1, 0.15) is 25.0 Å². The van der Waals surface area contributed by atoms with Crippen LogP contribution in [0.4, 0.5) is 23.1 Å². The van der Waals surface area contributed by atoms with Crippen LogP contribution in [0.15, 0.2) is 48.7 Å². The summed E-state index contributed by atoms with van der Waals surface area (Å²) in [4.78, 5) is 4.49. The zero-order valence-electron chi connectivity index (χ0n) is 15.4. The van der Waals surface area contributed by atoms with E-state index < -0.39 is 0 Å². The average Bonchev–Trinajstić information content (AvgIpc) is 2.60. The molecule has 1 heterocycles. The van der Waals surface area contributed by atoms with E-state index in [1.54, 1.807) is 6.20 Å². The Morgan fingerprint density at radius 1 is 0.923 bits per heavy atom.